The van der Waals surface area contributed by atoms with E-state index in [1.807, 2.05) is 0 Å². The van der Waals surface area contributed by atoms with Crippen LogP contribution in [0.2, 0.25) is 0 Å². The van der Waals surface area contributed by atoms with Crippen molar-refractivity contribution < 1.29 is 28.2 Å². The highest BCUT2D eigenvalue weighted by molar-refractivity contribution is 7.89. The number of anilines is 1. The van der Waals surface area contributed by atoms with E-state index >= 15 is 0 Å². The number of carbonyl (C=O) groups excluding carboxylic acids is 1. The standard InChI is InChI=1S/C11H12N2O6S/c12-20(18,19)7-4-10(15)13(5-7)8-3-6(11(16)17)1-2-9(8)14/h1-3,7,14H,4-5H2,(H,16,17)(H2,12,18,19). The van der Waals surface area contributed by atoms with Crippen LogP contribution in [0.15, 0.2) is 18.2 Å². The van der Waals surface area contributed by atoms with E-state index in [1.54, 1.807) is 0 Å². The number of aromatic carboxylic acids is 1. The number of benzene rings is 1. The molecule has 1 unspecified atom stereocenters. The summed E-state index contributed by atoms with van der Waals surface area (Å²) >= 11 is 0. The van der Waals surface area contributed by atoms with Crippen molar-refractivity contribution in [3.05, 3.63) is 23.8 Å². The first kappa shape index (κ1) is 14.3. The van der Waals surface area contributed by atoms with E-state index in [9.17, 15) is 23.1 Å². The zero-order valence-electron chi connectivity index (χ0n) is 10.2. The molecule has 1 saturated heterocycles. The van der Waals surface area contributed by atoms with Gasteiger partial charge in [0.2, 0.25) is 15.9 Å². The molecule has 1 heterocycles. The van der Waals surface area contributed by atoms with Gasteiger partial charge in [-0.05, 0) is 18.2 Å². The molecule has 1 aliphatic rings. The predicted molar refractivity (Wildman–Crippen MR) is 68.9 cm³/mol. The molecule has 0 spiro atoms. The third kappa shape index (κ3) is 2.58. The molecule has 1 amide bonds. The molecule has 0 aliphatic carbocycles. The number of nitrogens with zero attached hydrogens (tertiary/aromatic N) is 1. The second kappa shape index (κ2) is 4.76. The zero-order chi connectivity index (χ0) is 15.1. The molecule has 1 aromatic carbocycles. The molecule has 0 saturated carbocycles. The van der Waals surface area contributed by atoms with Crippen LogP contribution in [0, 0.1) is 0 Å². The Morgan fingerprint density at radius 3 is 2.55 bits per heavy atom. The molecule has 1 aromatic rings. The molecule has 0 bridgehead atoms. The molecule has 2 rings (SSSR count). The van der Waals surface area contributed by atoms with E-state index in [0.717, 1.165) is 17.0 Å². The number of hydrogen-bond donors (Lipinski definition) is 3. The second-order valence-electron chi connectivity index (χ2n) is 4.43. The first-order chi connectivity index (χ1) is 9.20. The summed E-state index contributed by atoms with van der Waals surface area (Å²) in [6.07, 6.45) is -0.296. The Morgan fingerprint density at radius 2 is 2.05 bits per heavy atom. The third-order valence-electron chi connectivity index (χ3n) is 3.07. The van der Waals surface area contributed by atoms with E-state index in [1.165, 1.54) is 6.07 Å². The minimum atomic E-state index is -3.88. The fraction of sp³-hybridized carbons (Fsp3) is 0.273. The van der Waals surface area contributed by atoms with Gasteiger partial charge in [-0.3, -0.25) is 4.79 Å². The zero-order valence-corrected chi connectivity index (χ0v) is 11.0. The van der Waals surface area contributed by atoms with Gasteiger partial charge in [-0.2, -0.15) is 0 Å². The number of hydrogen-bond acceptors (Lipinski definition) is 5. The maximum atomic E-state index is 11.8. The van der Waals surface area contributed by atoms with Crippen molar-refractivity contribution in [3.63, 3.8) is 0 Å². The number of sulfonamides is 1. The number of rotatable bonds is 3. The Labute approximate surface area is 114 Å². The molecule has 1 aliphatic heterocycles. The summed E-state index contributed by atoms with van der Waals surface area (Å²) in [5.41, 5.74) is -0.161. The lowest BCUT2D eigenvalue weighted by Gasteiger charge is -2.18. The number of amides is 1. The van der Waals surface area contributed by atoms with Crippen LogP contribution in [0.1, 0.15) is 16.8 Å². The molecule has 8 nitrogen and oxygen atoms in total. The van der Waals surface area contributed by atoms with Crippen LogP contribution in [0.25, 0.3) is 0 Å². The fourth-order valence-corrected chi connectivity index (χ4v) is 2.73. The number of aromatic hydroxyl groups is 1. The normalized spacial score (nSPS) is 19.4. The van der Waals surface area contributed by atoms with Gasteiger partial charge in [-0.1, -0.05) is 0 Å². The van der Waals surface area contributed by atoms with Crippen LogP contribution < -0.4 is 10.0 Å². The summed E-state index contributed by atoms with van der Waals surface area (Å²) in [5.74, 6) is -2.07. The molecular formula is C11H12N2O6S. The van der Waals surface area contributed by atoms with Crippen LogP contribution in [0.5, 0.6) is 5.75 Å². The summed E-state index contributed by atoms with van der Waals surface area (Å²) in [4.78, 5) is 23.7. The van der Waals surface area contributed by atoms with E-state index in [0.29, 0.717) is 0 Å². The van der Waals surface area contributed by atoms with Crippen molar-refractivity contribution >= 4 is 27.6 Å². The number of carbonyl (C=O) groups is 2. The first-order valence-corrected chi connectivity index (χ1v) is 7.19. The molecule has 1 atom stereocenters. The molecule has 108 valence electrons. The monoisotopic (exact) mass is 300 g/mol. The van der Waals surface area contributed by atoms with Crippen LogP contribution in [0.4, 0.5) is 5.69 Å². The molecule has 0 aromatic heterocycles. The average Bonchev–Trinajstić information content (AvgIpc) is 2.71. The van der Waals surface area contributed by atoms with Crippen LogP contribution in [-0.4, -0.2) is 42.3 Å². The van der Waals surface area contributed by atoms with Gasteiger partial charge in [0.15, 0.2) is 0 Å². The second-order valence-corrected chi connectivity index (χ2v) is 6.27. The lowest BCUT2D eigenvalue weighted by Crippen LogP contribution is -2.32. The van der Waals surface area contributed by atoms with Crippen molar-refractivity contribution in [2.75, 3.05) is 11.4 Å². The summed E-state index contributed by atoms with van der Waals surface area (Å²) < 4.78 is 22.5. The molecule has 20 heavy (non-hydrogen) atoms. The van der Waals surface area contributed by atoms with Crippen LogP contribution >= 0.6 is 0 Å². The highest BCUT2D eigenvalue weighted by atomic mass is 32.2. The Hall–Kier alpha value is -2.13. The topological polar surface area (TPSA) is 138 Å². The van der Waals surface area contributed by atoms with Gasteiger partial charge >= 0.3 is 5.97 Å². The molecule has 4 N–H and O–H groups in total. The highest BCUT2D eigenvalue weighted by Gasteiger charge is 2.38. The number of primary sulfonamides is 1. The summed E-state index contributed by atoms with van der Waals surface area (Å²) in [6, 6.07) is 3.43. The lowest BCUT2D eigenvalue weighted by atomic mass is 10.1. The SMILES string of the molecule is NS(=O)(=O)C1CC(=O)N(c2cc(C(=O)O)ccc2O)C1. The Morgan fingerprint density at radius 1 is 1.40 bits per heavy atom. The van der Waals surface area contributed by atoms with Gasteiger partial charge in [-0.15, -0.1) is 0 Å². The minimum Gasteiger partial charge on any atom is -0.506 e. The van der Waals surface area contributed by atoms with Gasteiger partial charge in [0, 0.05) is 13.0 Å². The van der Waals surface area contributed by atoms with Gasteiger partial charge in [-0.25, -0.2) is 18.4 Å². The van der Waals surface area contributed by atoms with E-state index in [-0.39, 0.29) is 30.0 Å². The molecular weight excluding hydrogens is 288 g/mol. The average molecular weight is 300 g/mol. The summed E-state index contributed by atoms with van der Waals surface area (Å²) in [7, 11) is -3.88. The smallest absolute Gasteiger partial charge is 0.335 e. The summed E-state index contributed by atoms with van der Waals surface area (Å²) in [5, 5.41) is 22.5. The van der Waals surface area contributed by atoms with Crippen molar-refractivity contribution in [2.24, 2.45) is 5.14 Å². The van der Waals surface area contributed by atoms with Crippen molar-refractivity contribution in [2.45, 2.75) is 11.7 Å². The Bertz CT molecular complexity index is 684. The predicted octanol–water partition coefficient (Wildman–Crippen LogP) is -0.516. The maximum Gasteiger partial charge on any atom is 0.335 e. The Kier molecular flexibility index (Phi) is 3.40. The van der Waals surface area contributed by atoms with E-state index in [2.05, 4.69) is 0 Å². The number of nitrogens with two attached hydrogens (primary N) is 1. The van der Waals surface area contributed by atoms with Crippen LogP contribution in [-0.2, 0) is 14.8 Å². The molecule has 9 heteroatoms. The van der Waals surface area contributed by atoms with Gasteiger partial charge in [0.25, 0.3) is 0 Å². The number of carboxylic acids is 1. The molecule has 1 fully saturated rings. The van der Waals surface area contributed by atoms with E-state index < -0.39 is 27.1 Å². The van der Waals surface area contributed by atoms with Crippen molar-refractivity contribution in [1.82, 2.24) is 0 Å². The minimum absolute atomic E-state index is 0.0407. The van der Waals surface area contributed by atoms with Crippen molar-refractivity contribution in [1.29, 1.82) is 0 Å². The maximum absolute atomic E-state index is 11.8. The summed E-state index contributed by atoms with van der Waals surface area (Å²) in [6.45, 7) is -0.214. The first-order valence-electron chi connectivity index (χ1n) is 5.58. The number of carboxylic acid groups (broad SMARTS) is 1. The largest absolute Gasteiger partial charge is 0.506 e. The van der Waals surface area contributed by atoms with Gasteiger partial charge in [0.05, 0.1) is 11.3 Å². The molecule has 0 radical (unpaired) electrons. The van der Waals surface area contributed by atoms with Gasteiger partial charge < -0.3 is 15.1 Å². The number of phenolic OH excluding ortho intramolecular Hbond substituents is 1. The van der Waals surface area contributed by atoms with Crippen molar-refractivity contribution in [3.8, 4) is 5.75 Å². The fourth-order valence-electron chi connectivity index (χ4n) is 2.00. The lowest BCUT2D eigenvalue weighted by molar-refractivity contribution is -0.117. The quantitative estimate of drug-likeness (QED) is 0.687. The number of phenols is 1. The highest BCUT2D eigenvalue weighted by Crippen LogP contribution is 2.32. The van der Waals surface area contributed by atoms with Gasteiger partial charge in [0.1, 0.15) is 11.0 Å². The van der Waals surface area contributed by atoms with E-state index in [4.69, 9.17) is 10.2 Å². The van der Waals surface area contributed by atoms with Crippen LogP contribution in [0.3, 0.4) is 0 Å². The Balaban J connectivity index is 2.40. The third-order valence-corrected chi connectivity index (χ3v) is 4.31.